The van der Waals surface area contributed by atoms with Crippen molar-refractivity contribution in [3.8, 4) is 0 Å². The molecular formula is C6H10FNO2. The molecule has 1 saturated heterocycles. The first kappa shape index (κ1) is 7.47. The molecule has 0 aliphatic carbocycles. The molecule has 0 aromatic carbocycles. The Labute approximate surface area is 58.2 Å². The predicted octanol–water partition coefficient (Wildman–Crippen LogP) is 0.163. The van der Waals surface area contributed by atoms with E-state index in [2.05, 4.69) is 5.32 Å². The van der Waals surface area contributed by atoms with Gasteiger partial charge in [0, 0.05) is 6.54 Å². The maximum absolute atomic E-state index is 13.0. The van der Waals surface area contributed by atoms with Gasteiger partial charge in [-0.05, 0) is 19.4 Å². The predicted molar refractivity (Wildman–Crippen MR) is 33.6 cm³/mol. The molecule has 1 atom stereocenters. The second-order valence-corrected chi connectivity index (χ2v) is 2.55. The van der Waals surface area contributed by atoms with Crippen LogP contribution in [0.15, 0.2) is 0 Å². The van der Waals surface area contributed by atoms with Crippen molar-refractivity contribution in [1.82, 2.24) is 5.32 Å². The number of carbonyl (C=O) groups is 1. The molecule has 0 bridgehead atoms. The Kier molecular flexibility index (Phi) is 1.89. The molecule has 2 N–H and O–H groups in total. The summed E-state index contributed by atoms with van der Waals surface area (Å²) in [5, 5.41) is 11.1. The first-order chi connectivity index (χ1) is 4.65. The van der Waals surface area contributed by atoms with Gasteiger partial charge in [0.1, 0.15) is 0 Å². The molecule has 1 rings (SSSR count). The summed E-state index contributed by atoms with van der Waals surface area (Å²) in [5.41, 5.74) is -2.02. The van der Waals surface area contributed by atoms with Crippen LogP contribution in [0.5, 0.6) is 0 Å². The van der Waals surface area contributed by atoms with Crippen LogP contribution < -0.4 is 5.32 Å². The number of hydrogen-bond acceptors (Lipinski definition) is 2. The van der Waals surface area contributed by atoms with E-state index in [1.807, 2.05) is 0 Å². The molecule has 1 aliphatic rings. The van der Waals surface area contributed by atoms with E-state index in [0.717, 1.165) is 6.54 Å². The number of rotatable bonds is 1. The highest BCUT2D eigenvalue weighted by Gasteiger charge is 2.39. The Morgan fingerprint density at radius 1 is 1.70 bits per heavy atom. The summed E-state index contributed by atoms with van der Waals surface area (Å²) in [6.45, 7) is 0.668. The van der Waals surface area contributed by atoms with Crippen molar-refractivity contribution in [2.75, 3.05) is 13.1 Å². The van der Waals surface area contributed by atoms with E-state index in [0.29, 0.717) is 6.42 Å². The molecule has 0 aromatic rings. The van der Waals surface area contributed by atoms with E-state index in [-0.39, 0.29) is 13.0 Å². The van der Waals surface area contributed by atoms with Crippen molar-refractivity contribution in [1.29, 1.82) is 0 Å². The molecule has 1 aliphatic heterocycles. The third kappa shape index (κ3) is 1.26. The minimum atomic E-state index is -2.02. The van der Waals surface area contributed by atoms with E-state index in [1.54, 1.807) is 0 Å². The largest absolute Gasteiger partial charge is 0.479 e. The highest BCUT2D eigenvalue weighted by Crippen LogP contribution is 2.20. The van der Waals surface area contributed by atoms with Crippen molar-refractivity contribution in [2.45, 2.75) is 18.5 Å². The number of hydrogen-bond donors (Lipinski definition) is 2. The molecule has 3 nitrogen and oxygen atoms in total. The fraction of sp³-hybridized carbons (Fsp3) is 0.833. The maximum atomic E-state index is 13.0. The molecule has 10 heavy (non-hydrogen) atoms. The lowest BCUT2D eigenvalue weighted by Crippen LogP contribution is -2.47. The molecule has 0 amide bonds. The SMILES string of the molecule is O=C(O)[C@@]1(F)CCCNC1. The van der Waals surface area contributed by atoms with Gasteiger partial charge in [-0.25, -0.2) is 9.18 Å². The summed E-state index contributed by atoms with van der Waals surface area (Å²) in [5.74, 6) is -1.35. The molecular weight excluding hydrogens is 137 g/mol. The van der Waals surface area contributed by atoms with Crippen LogP contribution >= 0.6 is 0 Å². The molecule has 1 heterocycles. The van der Waals surface area contributed by atoms with Crippen LogP contribution in [-0.4, -0.2) is 29.8 Å². The number of piperidine rings is 1. The first-order valence-corrected chi connectivity index (χ1v) is 3.28. The molecule has 1 fully saturated rings. The van der Waals surface area contributed by atoms with Crippen LogP contribution in [0.4, 0.5) is 4.39 Å². The highest BCUT2D eigenvalue weighted by atomic mass is 19.1. The van der Waals surface area contributed by atoms with Crippen LogP contribution in [0.25, 0.3) is 0 Å². The second kappa shape index (κ2) is 2.54. The molecule has 58 valence electrons. The van der Waals surface area contributed by atoms with Crippen molar-refractivity contribution in [3.63, 3.8) is 0 Å². The smallest absolute Gasteiger partial charge is 0.342 e. The average Bonchev–Trinajstić information content (AvgIpc) is 1.89. The molecule has 0 aromatic heterocycles. The number of halogens is 1. The van der Waals surface area contributed by atoms with Gasteiger partial charge >= 0.3 is 5.97 Å². The third-order valence-electron chi connectivity index (χ3n) is 1.72. The Balaban J connectivity index is 2.56. The van der Waals surface area contributed by atoms with Gasteiger partial charge < -0.3 is 10.4 Å². The molecule has 0 saturated carbocycles. The second-order valence-electron chi connectivity index (χ2n) is 2.55. The van der Waals surface area contributed by atoms with E-state index in [9.17, 15) is 9.18 Å². The Morgan fingerprint density at radius 2 is 2.40 bits per heavy atom. The van der Waals surface area contributed by atoms with Crippen molar-refractivity contribution in [2.24, 2.45) is 0 Å². The molecule has 0 radical (unpaired) electrons. The van der Waals surface area contributed by atoms with Gasteiger partial charge in [0.2, 0.25) is 5.67 Å². The zero-order chi connectivity index (χ0) is 7.61. The number of aliphatic carboxylic acids is 1. The lowest BCUT2D eigenvalue weighted by atomic mass is 9.97. The average molecular weight is 147 g/mol. The fourth-order valence-corrected chi connectivity index (χ4v) is 1.05. The summed E-state index contributed by atoms with van der Waals surface area (Å²) in [6, 6.07) is 0. The number of nitrogens with one attached hydrogen (secondary N) is 1. The summed E-state index contributed by atoms with van der Waals surface area (Å²) in [7, 11) is 0. The fourth-order valence-electron chi connectivity index (χ4n) is 1.05. The van der Waals surface area contributed by atoms with Gasteiger partial charge in [-0.3, -0.25) is 0 Å². The normalized spacial score (nSPS) is 33.7. The monoisotopic (exact) mass is 147 g/mol. The summed E-state index contributed by atoms with van der Waals surface area (Å²) < 4.78 is 13.0. The van der Waals surface area contributed by atoms with Crippen LogP contribution in [-0.2, 0) is 4.79 Å². The maximum Gasteiger partial charge on any atom is 0.342 e. The van der Waals surface area contributed by atoms with E-state index in [4.69, 9.17) is 5.11 Å². The summed E-state index contributed by atoms with van der Waals surface area (Å²) >= 11 is 0. The van der Waals surface area contributed by atoms with E-state index >= 15 is 0 Å². The number of alkyl halides is 1. The Hall–Kier alpha value is -0.640. The topological polar surface area (TPSA) is 49.3 Å². The van der Waals surface area contributed by atoms with Crippen LogP contribution in [0.1, 0.15) is 12.8 Å². The highest BCUT2D eigenvalue weighted by molar-refractivity contribution is 5.77. The Morgan fingerprint density at radius 3 is 2.70 bits per heavy atom. The van der Waals surface area contributed by atoms with E-state index in [1.165, 1.54) is 0 Å². The van der Waals surface area contributed by atoms with E-state index < -0.39 is 11.6 Å². The zero-order valence-electron chi connectivity index (χ0n) is 5.56. The first-order valence-electron chi connectivity index (χ1n) is 3.28. The van der Waals surface area contributed by atoms with Gasteiger partial charge in [-0.2, -0.15) is 0 Å². The standard InChI is InChI=1S/C6H10FNO2/c7-6(5(9)10)2-1-3-8-4-6/h8H,1-4H2,(H,9,10)/t6-/m1/s1. The van der Waals surface area contributed by atoms with Gasteiger partial charge in [-0.1, -0.05) is 0 Å². The van der Waals surface area contributed by atoms with Gasteiger partial charge in [0.15, 0.2) is 0 Å². The molecule has 0 spiro atoms. The molecule has 0 unspecified atom stereocenters. The minimum Gasteiger partial charge on any atom is -0.479 e. The zero-order valence-corrected chi connectivity index (χ0v) is 5.56. The van der Waals surface area contributed by atoms with Crippen molar-refractivity contribution >= 4 is 5.97 Å². The summed E-state index contributed by atoms with van der Waals surface area (Å²) in [6.07, 6.45) is 0.734. The van der Waals surface area contributed by atoms with Crippen LogP contribution in [0.2, 0.25) is 0 Å². The molecule has 4 heteroatoms. The lowest BCUT2D eigenvalue weighted by Gasteiger charge is -2.25. The third-order valence-corrected chi connectivity index (χ3v) is 1.72. The minimum absolute atomic E-state index is 0.0532. The quantitative estimate of drug-likeness (QED) is 0.555. The lowest BCUT2D eigenvalue weighted by molar-refractivity contribution is -0.152. The van der Waals surface area contributed by atoms with Gasteiger partial charge in [0.25, 0.3) is 0 Å². The summed E-state index contributed by atoms with van der Waals surface area (Å²) in [4.78, 5) is 10.3. The van der Waals surface area contributed by atoms with Crippen molar-refractivity contribution in [3.05, 3.63) is 0 Å². The number of carboxylic acids is 1. The van der Waals surface area contributed by atoms with Crippen molar-refractivity contribution < 1.29 is 14.3 Å². The van der Waals surface area contributed by atoms with Crippen LogP contribution in [0, 0.1) is 0 Å². The van der Waals surface area contributed by atoms with Crippen LogP contribution in [0.3, 0.4) is 0 Å². The van der Waals surface area contributed by atoms with Gasteiger partial charge in [-0.15, -0.1) is 0 Å². The van der Waals surface area contributed by atoms with Gasteiger partial charge in [0.05, 0.1) is 0 Å². The Bertz CT molecular complexity index is 143. The number of carboxylic acid groups (broad SMARTS) is 1.